The summed E-state index contributed by atoms with van der Waals surface area (Å²) in [5.74, 6) is -0.266. The minimum absolute atomic E-state index is 0.110. The van der Waals surface area contributed by atoms with E-state index in [4.69, 9.17) is 21.1 Å². The predicted molar refractivity (Wildman–Crippen MR) is 99.6 cm³/mol. The summed E-state index contributed by atoms with van der Waals surface area (Å²) < 4.78 is 10.2. The first kappa shape index (κ1) is 21.5. The number of hydrogen-bond donors (Lipinski definition) is 0. The van der Waals surface area contributed by atoms with Crippen molar-refractivity contribution in [1.82, 2.24) is 0 Å². The molecule has 140 valence electrons. The Bertz CT molecular complexity index is 542. The van der Waals surface area contributed by atoms with Gasteiger partial charge in [-0.15, -0.1) is 0 Å². The fourth-order valence-electron chi connectivity index (χ4n) is 2.53. The lowest BCUT2D eigenvalue weighted by atomic mass is 10.1. The molecule has 0 aliphatic rings. The van der Waals surface area contributed by atoms with Crippen molar-refractivity contribution in [2.75, 3.05) is 6.61 Å². The molecule has 0 aliphatic heterocycles. The van der Waals surface area contributed by atoms with Crippen LogP contribution in [0.4, 0.5) is 0 Å². The topological polar surface area (TPSA) is 52.6 Å². The minimum Gasteiger partial charge on any atom is -0.466 e. The van der Waals surface area contributed by atoms with Crippen molar-refractivity contribution in [3.8, 4) is 0 Å². The molecule has 0 aliphatic carbocycles. The predicted octanol–water partition coefficient (Wildman–Crippen LogP) is 5.38. The zero-order valence-electron chi connectivity index (χ0n) is 15.3. The molecular formula is C20H29ClO4. The molecule has 0 fully saturated rings. The van der Waals surface area contributed by atoms with Crippen molar-refractivity contribution in [2.45, 2.75) is 71.8 Å². The second-order valence-corrected chi connectivity index (χ2v) is 6.59. The SMILES string of the molecule is CCOC(=O)CCCCCCCCC(=O)OCc1ccc(Cl)cc1C. The first-order valence-electron chi connectivity index (χ1n) is 9.09. The third kappa shape index (κ3) is 10.1. The second-order valence-electron chi connectivity index (χ2n) is 6.16. The largest absolute Gasteiger partial charge is 0.466 e. The lowest BCUT2D eigenvalue weighted by Crippen LogP contribution is -2.05. The van der Waals surface area contributed by atoms with Crippen LogP contribution in [0.2, 0.25) is 5.02 Å². The van der Waals surface area contributed by atoms with Crippen LogP contribution in [0, 0.1) is 6.92 Å². The molecule has 0 aromatic heterocycles. The third-order valence-corrected chi connectivity index (χ3v) is 4.25. The molecular weight excluding hydrogens is 340 g/mol. The highest BCUT2D eigenvalue weighted by Gasteiger charge is 2.06. The summed E-state index contributed by atoms with van der Waals surface area (Å²) in [6.07, 6.45) is 6.87. The number of halogens is 1. The standard InChI is InChI=1S/C20H29ClO4/c1-3-24-19(22)10-8-6-4-5-7-9-11-20(23)25-15-17-12-13-18(21)14-16(17)2/h12-14H,3-11,15H2,1-2H3. The van der Waals surface area contributed by atoms with Gasteiger partial charge in [-0.05, 0) is 49.9 Å². The summed E-state index contributed by atoms with van der Waals surface area (Å²) in [4.78, 5) is 22.9. The van der Waals surface area contributed by atoms with Gasteiger partial charge in [-0.3, -0.25) is 9.59 Å². The van der Waals surface area contributed by atoms with Crippen molar-refractivity contribution in [1.29, 1.82) is 0 Å². The Morgan fingerprint density at radius 2 is 1.48 bits per heavy atom. The van der Waals surface area contributed by atoms with Gasteiger partial charge in [0.15, 0.2) is 0 Å². The highest BCUT2D eigenvalue weighted by molar-refractivity contribution is 6.30. The summed E-state index contributed by atoms with van der Waals surface area (Å²) in [5.41, 5.74) is 2.02. The maximum absolute atomic E-state index is 11.8. The fraction of sp³-hybridized carbons (Fsp3) is 0.600. The molecule has 0 saturated heterocycles. The van der Waals surface area contributed by atoms with E-state index in [9.17, 15) is 9.59 Å². The second kappa shape index (κ2) is 12.8. The monoisotopic (exact) mass is 368 g/mol. The summed E-state index contributed by atoms with van der Waals surface area (Å²) >= 11 is 5.91. The molecule has 0 radical (unpaired) electrons. The van der Waals surface area contributed by atoms with Crippen molar-refractivity contribution in [2.24, 2.45) is 0 Å². The Labute approximate surface area is 155 Å². The van der Waals surface area contributed by atoms with Crippen LogP contribution in [0.5, 0.6) is 0 Å². The van der Waals surface area contributed by atoms with Gasteiger partial charge >= 0.3 is 11.9 Å². The van der Waals surface area contributed by atoms with Gasteiger partial charge in [0.1, 0.15) is 6.61 Å². The van der Waals surface area contributed by atoms with Crippen LogP contribution in [0.1, 0.15) is 69.4 Å². The molecule has 5 heteroatoms. The molecule has 1 aromatic carbocycles. The van der Waals surface area contributed by atoms with Crippen LogP contribution >= 0.6 is 11.6 Å². The van der Waals surface area contributed by atoms with Gasteiger partial charge in [0.25, 0.3) is 0 Å². The van der Waals surface area contributed by atoms with Crippen LogP contribution in [0.25, 0.3) is 0 Å². The first-order chi connectivity index (χ1) is 12.0. The molecule has 0 saturated carbocycles. The summed E-state index contributed by atoms with van der Waals surface area (Å²) in [6, 6.07) is 5.56. The van der Waals surface area contributed by atoms with Gasteiger partial charge in [-0.25, -0.2) is 0 Å². The normalized spacial score (nSPS) is 10.5. The van der Waals surface area contributed by atoms with Gasteiger partial charge in [0.2, 0.25) is 0 Å². The number of benzene rings is 1. The molecule has 0 spiro atoms. The van der Waals surface area contributed by atoms with Gasteiger partial charge in [-0.2, -0.15) is 0 Å². The average molecular weight is 369 g/mol. The Hall–Kier alpha value is -1.55. The summed E-state index contributed by atoms with van der Waals surface area (Å²) in [7, 11) is 0. The van der Waals surface area contributed by atoms with E-state index in [0.29, 0.717) is 31.1 Å². The van der Waals surface area contributed by atoms with Crippen molar-refractivity contribution < 1.29 is 19.1 Å². The summed E-state index contributed by atoms with van der Waals surface area (Å²) in [5, 5.41) is 0.690. The maximum Gasteiger partial charge on any atom is 0.306 e. The average Bonchev–Trinajstić information content (AvgIpc) is 2.56. The van der Waals surface area contributed by atoms with E-state index in [1.165, 1.54) is 0 Å². The molecule has 4 nitrogen and oxygen atoms in total. The Balaban J connectivity index is 2.01. The number of esters is 2. The highest BCUT2D eigenvalue weighted by atomic mass is 35.5. The zero-order valence-corrected chi connectivity index (χ0v) is 16.1. The minimum atomic E-state index is -0.156. The van der Waals surface area contributed by atoms with Gasteiger partial charge < -0.3 is 9.47 Å². The van der Waals surface area contributed by atoms with E-state index in [2.05, 4.69) is 0 Å². The van der Waals surface area contributed by atoms with Crippen molar-refractivity contribution in [3.63, 3.8) is 0 Å². The molecule has 25 heavy (non-hydrogen) atoms. The number of unbranched alkanes of at least 4 members (excludes halogenated alkanes) is 5. The first-order valence-corrected chi connectivity index (χ1v) is 9.47. The van der Waals surface area contributed by atoms with E-state index >= 15 is 0 Å². The molecule has 0 amide bonds. The van der Waals surface area contributed by atoms with E-state index in [1.54, 1.807) is 6.07 Å². The Morgan fingerprint density at radius 3 is 2.04 bits per heavy atom. The highest BCUT2D eigenvalue weighted by Crippen LogP contribution is 2.16. The molecule has 0 atom stereocenters. The van der Waals surface area contributed by atoms with Gasteiger partial charge in [-0.1, -0.05) is 43.4 Å². The van der Waals surface area contributed by atoms with Crippen molar-refractivity contribution >= 4 is 23.5 Å². The van der Waals surface area contributed by atoms with E-state index in [0.717, 1.165) is 49.7 Å². The number of hydrogen-bond acceptors (Lipinski definition) is 4. The Morgan fingerprint density at radius 1 is 0.920 bits per heavy atom. The lowest BCUT2D eigenvalue weighted by molar-refractivity contribution is -0.145. The van der Waals surface area contributed by atoms with Crippen LogP contribution in [-0.4, -0.2) is 18.5 Å². The molecule has 1 rings (SSSR count). The van der Waals surface area contributed by atoms with E-state index in [-0.39, 0.29) is 11.9 Å². The number of carbonyl (C=O) groups is 2. The quantitative estimate of drug-likeness (QED) is 0.367. The Kier molecular flexibility index (Phi) is 11.0. The summed E-state index contributed by atoms with van der Waals surface area (Å²) in [6.45, 7) is 4.53. The number of ether oxygens (including phenoxy) is 2. The van der Waals surface area contributed by atoms with Crippen LogP contribution < -0.4 is 0 Å². The molecule has 0 unspecified atom stereocenters. The van der Waals surface area contributed by atoms with E-state index < -0.39 is 0 Å². The van der Waals surface area contributed by atoms with E-state index in [1.807, 2.05) is 26.0 Å². The maximum atomic E-state index is 11.8. The molecule has 1 aromatic rings. The molecule has 0 heterocycles. The van der Waals surface area contributed by atoms with Crippen LogP contribution in [0.15, 0.2) is 18.2 Å². The number of aryl methyl sites for hydroxylation is 1. The zero-order chi connectivity index (χ0) is 18.5. The molecule has 0 N–H and O–H groups in total. The number of rotatable bonds is 12. The van der Waals surface area contributed by atoms with Crippen LogP contribution in [0.3, 0.4) is 0 Å². The number of carbonyl (C=O) groups excluding carboxylic acids is 2. The lowest BCUT2D eigenvalue weighted by Gasteiger charge is -2.08. The smallest absolute Gasteiger partial charge is 0.306 e. The third-order valence-electron chi connectivity index (χ3n) is 4.01. The molecule has 0 bridgehead atoms. The van der Waals surface area contributed by atoms with Gasteiger partial charge in [0.05, 0.1) is 6.61 Å². The fourth-order valence-corrected chi connectivity index (χ4v) is 2.76. The van der Waals surface area contributed by atoms with Crippen LogP contribution in [-0.2, 0) is 25.7 Å². The van der Waals surface area contributed by atoms with Crippen molar-refractivity contribution in [3.05, 3.63) is 34.3 Å². The van der Waals surface area contributed by atoms with Gasteiger partial charge in [0, 0.05) is 17.9 Å².